The third-order valence-corrected chi connectivity index (χ3v) is 6.95. The summed E-state index contributed by atoms with van der Waals surface area (Å²) in [6.07, 6.45) is 0. The molecule has 1 aliphatic carbocycles. The van der Waals surface area contributed by atoms with E-state index in [1.165, 1.54) is 36.4 Å². The highest BCUT2D eigenvalue weighted by atomic mass is 32.2. The lowest BCUT2D eigenvalue weighted by Crippen LogP contribution is -2.25. The smallest absolute Gasteiger partial charge is 0.296 e. The van der Waals surface area contributed by atoms with E-state index in [-0.39, 0.29) is 28.1 Å². The minimum Gasteiger partial charge on any atom is -0.397 e. The molecule has 3 aromatic rings. The summed E-state index contributed by atoms with van der Waals surface area (Å²) in [6.45, 7) is 1.58. The van der Waals surface area contributed by atoms with Gasteiger partial charge >= 0.3 is 0 Å². The number of benzene rings is 3. The number of nitrogens with one attached hydrogen (secondary N) is 1. The summed E-state index contributed by atoms with van der Waals surface area (Å²) in [5.74, 6) is -1.41. The average Bonchev–Trinajstić information content (AvgIpc) is 2.72. The lowest BCUT2D eigenvalue weighted by atomic mass is 9.82. The molecule has 0 amide bonds. The molecule has 1 aliphatic rings. The second-order valence-electron chi connectivity index (χ2n) is 7.36. The van der Waals surface area contributed by atoms with Crippen LogP contribution in [0.25, 0.3) is 0 Å². The first-order valence-electron chi connectivity index (χ1n) is 9.28. The first-order valence-corrected chi connectivity index (χ1v) is 12.2. The van der Waals surface area contributed by atoms with Crippen LogP contribution in [0.15, 0.2) is 58.3 Å². The zero-order valence-electron chi connectivity index (χ0n) is 16.9. The molecule has 170 valence electrons. The Bertz CT molecular complexity index is 1590. The van der Waals surface area contributed by atoms with Crippen LogP contribution in [0.4, 0.5) is 17.1 Å². The van der Waals surface area contributed by atoms with Crippen LogP contribution in [-0.2, 0) is 20.2 Å². The number of nitrogens with two attached hydrogens (primary N) is 1. The SMILES string of the molecule is Cc1ccc(Nc2cc(S(=O)(=O)O)c(N)c3c2C(=O)c2ccccc2C3=O)c(S(=O)(=O)O)c1. The van der Waals surface area contributed by atoms with E-state index in [4.69, 9.17) is 5.73 Å². The molecule has 0 heterocycles. The number of nitrogen functional groups attached to an aromatic ring is 1. The molecule has 5 N–H and O–H groups in total. The summed E-state index contributed by atoms with van der Waals surface area (Å²) in [6, 6.07) is 10.6. The van der Waals surface area contributed by atoms with Gasteiger partial charge in [0.1, 0.15) is 9.79 Å². The van der Waals surface area contributed by atoms with Crippen LogP contribution in [0.5, 0.6) is 0 Å². The Hall–Kier alpha value is -3.58. The lowest BCUT2D eigenvalue weighted by molar-refractivity contribution is 0.0980. The van der Waals surface area contributed by atoms with Gasteiger partial charge in [-0.2, -0.15) is 16.8 Å². The Kier molecular flexibility index (Phi) is 5.13. The summed E-state index contributed by atoms with van der Waals surface area (Å²) < 4.78 is 67.0. The molecule has 0 aliphatic heterocycles. The van der Waals surface area contributed by atoms with Crippen molar-refractivity contribution in [3.8, 4) is 0 Å². The van der Waals surface area contributed by atoms with Gasteiger partial charge in [-0.25, -0.2) is 0 Å². The molecule has 0 atom stereocenters. The van der Waals surface area contributed by atoms with Crippen molar-refractivity contribution < 1.29 is 35.5 Å². The predicted molar refractivity (Wildman–Crippen MR) is 118 cm³/mol. The third kappa shape index (κ3) is 3.78. The van der Waals surface area contributed by atoms with Gasteiger partial charge in [0.15, 0.2) is 11.6 Å². The molecule has 4 rings (SSSR count). The van der Waals surface area contributed by atoms with E-state index < -0.39 is 52.8 Å². The number of hydrogen-bond donors (Lipinski definition) is 4. The maximum absolute atomic E-state index is 13.3. The van der Waals surface area contributed by atoms with Crippen molar-refractivity contribution in [2.45, 2.75) is 16.7 Å². The van der Waals surface area contributed by atoms with E-state index in [2.05, 4.69) is 5.32 Å². The van der Waals surface area contributed by atoms with Crippen LogP contribution in [-0.4, -0.2) is 37.5 Å². The molecule has 0 bridgehead atoms. The summed E-state index contributed by atoms with van der Waals surface area (Å²) in [4.78, 5) is 25.1. The number of hydrogen-bond acceptors (Lipinski definition) is 8. The number of carbonyl (C=O) groups excluding carboxylic acids is 2. The molecule has 10 nitrogen and oxygen atoms in total. The second kappa shape index (κ2) is 7.49. The van der Waals surface area contributed by atoms with Gasteiger partial charge in [0.05, 0.1) is 28.2 Å². The first-order chi connectivity index (χ1) is 15.3. The van der Waals surface area contributed by atoms with Gasteiger partial charge in [0.2, 0.25) is 0 Å². The molecule has 0 aromatic heterocycles. The van der Waals surface area contributed by atoms with E-state index >= 15 is 0 Å². The van der Waals surface area contributed by atoms with Crippen molar-refractivity contribution in [2.75, 3.05) is 11.1 Å². The standard InChI is InChI=1S/C21H16N2O8S2/c1-10-6-7-13(15(8-10)32(26,27)28)23-14-9-16(33(29,30)31)19(22)18-17(14)20(24)11-4-2-3-5-12(11)21(18)25/h2-9,23H,22H2,1H3,(H,26,27,28)(H,29,30,31). The molecule has 3 aromatic carbocycles. The third-order valence-electron chi connectivity index (χ3n) is 5.16. The van der Waals surface area contributed by atoms with Gasteiger partial charge in [-0.15, -0.1) is 0 Å². The molecule has 0 radical (unpaired) electrons. The summed E-state index contributed by atoms with van der Waals surface area (Å²) in [7, 11) is -9.67. The molecule has 12 heteroatoms. The maximum Gasteiger partial charge on any atom is 0.296 e. The fourth-order valence-electron chi connectivity index (χ4n) is 3.70. The molecule has 0 saturated carbocycles. The van der Waals surface area contributed by atoms with Gasteiger partial charge in [0.25, 0.3) is 20.2 Å². The monoisotopic (exact) mass is 488 g/mol. The van der Waals surface area contributed by atoms with Crippen LogP contribution in [0, 0.1) is 6.92 Å². The minimum absolute atomic E-state index is 0.00546. The second-order valence-corrected chi connectivity index (χ2v) is 10.1. The molecule has 0 unspecified atom stereocenters. The van der Waals surface area contributed by atoms with E-state index in [0.29, 0.717) is 5.56 Å². The Morgan fingerprint density at radius 2 is 1.30 bits per heavy atom. The Morgan fingerprint density at radius 3 is 1.85 bits per heavy atom. The van der Waals surface area contributed by atoms with Crippen molar-refractivity contribution in [3.05, 3.63) is 76.3 Å². The van der Waals surface area contributed by atoms with Crippen LogP contribution in [0.3, 0.4) is 0 Å². The molecular weight excluding hydrogens is 472 g/mol. The van der Waals surface area contributed by atoms with E-state index in [0.717, 1.165) is 12.1 Å². The molecule has 0 saturated heterocycles. The lowest BCUT2D eigenvalue weighted by Gasteiger charge is -2.24. The highest BCUT2D eigenvalue weighted by molar-refractivity contribution is 7.86. The Balaban J connectivity index is 2.06. The minimum atomic E-state index is -4.94. The highest BCUT2D eigenvalue weighted by Crippen LogP contribution is 2.40. The van der Waals surface area contributed by atoms with Crippen molar-refractivity contribution in [1.82, 2.24) is 0 Å². The number of carbonyl (C=O) groups is 2. The average molecular weight is 488 g/mol. The predicted octanol–water partition coefficient (Wildman–Crippen LogP) is 2.59. The molecule has 33 heavy (non-hydrogen) atoms. The summed E-state index contributed by atoms with van der Waals surface area (Å²) in [5.41, 5.74) is 4.57. The topological polar surface area (TPSA) is 181 Å². The number of anilines is 3. The van der Waals surface area contributed by atoms with Crippen molar-refractivity contribution in [3.63, 3.8) is 0 Å². The first kappa shape index (κ1) is 22.6. The quantitative estimate of drug-likeness (QED) is 0.246. The van der Waals surface area contributed by atoms with Gasteiger partial charge in [0, 0.05) is 11.1 Å². The zero-order valence-corrected chi connectivity index (χ0v) is 18.5. The summed E-state index contributed by atoms with van der Waals surface area (Å²) in [5, 5.41) is 2.61. The van der Waals surface area contributed by atoms with Crippen molar-refractivity contribution >= 4 is 48.9 Å². The number of aryl methyl sites for hydroxylation is 1. The molecule has 0 fully saturated rings. The summed E-state index contributed by atoms with van der Waals surface area (Å²) >= 11 is 0. The van der Waals surface area contributed by atoms with Crippen LogP contribution in [0.1, 0.15) is 37.4 Å². The largest absolute Gasteiger partial charge is 0.397 e. The van der Waals surface area contributed by atoms with E-state index in [1.807, 2.05) is 0 Å². The van der Waals surface area contributed by atoms with Gasteiger partial charge < -0.3 is 11.1 Å². The number of ketones is 2. The molecule has 0 spiro atoms. The highest BCUT2D eigenvalue weighted by Gasteiger charge is 2.36. The Labute approximate surface area is 188 Å². The molecular formula is C21H16N2O8S2. The Morgan fingerprint density at radius 1 is 0.758 bits per heavy atom. The normalized spacial score (nSPS) is 13.4. The van der Waals surface area contributed by atoms with Crippen molar-refractivity contribution in [2.24, 2.45) is 0 Å². The van der Waals surface area contributed by atoms with Gasteiger partial charge in [-0.3, -0.25) is 18.7 Å². The van der Waals surface area contributed by atoms with Crippen LogP contribution < -0.4 is 11.1 Å². The fourth-order valence-corrected chi connectivity index (χ4v) is 5.08. The maximum atomic E-state index is 13.3. The van der Waals surface area contributed by atoms with Crippen LogP contribution in [0.2, 0.25) is 0 Å². The number of fused-ring (bicyclic) bond motifs is 2. The number of rotatable bonds is 4. The fraction of sp³-hybridized carbons (Fsp3) is 0.0476. The van der Waals surface area contributed by atoms with E-state index in [9.17, 15) is 35.5 Å². The van der Waals surface area contributed by atoms with Crippen LogP contribution >= 0.6 is 0 Å². The van der Waals surface area contributed by atoms with Gasteiger partial charge in [-0.1, -0.05) is 30.3 Å². The van der Waals surface area contributed by atoms with Gasteiger partial charge in [-0.05, 0) is 30.7 Å². The van der Waals surface area contributed by atoms with E-state index in [1.54, 1.807) is 6.92 Å². The zero-order chi connectivity index (χ0) is 24.3. The van der Waals surface area contributed by atoms with Crippen molar-refractivity contribution in [1.29, 1.82) is 0 Å².